The molecular formula is C18H22N4O2. The number of pyridine rings is 2. The Kier molecular flexibility index (Phi) is 4.06. The summed E-state index contributed by atoms with van der Waals surface area (Å²) in [4.78, 5) is 21.7. The van der Waals surface area contributed by atoms with Crippen LogP contribution in [-0.4, -0.2) is 51.1 Å². The van der Waals surface area contributed by atoms with Gasteiger partial charge in [0.15, 0.2) is 0 Å². The first-order valence-corrected chi connectivity index (χ1v) is 8.60. The van der Waals surface area contributed by atoms with E-state index in [1.807, 2.05) is 12.1 Å². The van der Waals surface area contributed by atoms with Gasteiger partial charge >= 0.3 is 5.97 Å². The molecule has 4 rings (SSSR count). The summed E-state index contributed by atoms with van der Waals surface area (Å²) in [5, 5.41) is 13.8. The Morgan fingerprint density at radius 2 is 2.12 bits per heavy atom. The van der Waals surface area contributed by atoms with E-state index >= 15 is 0 Å². The smallest absolute Gasteiger partial charge is 0.317 e. The van der Waals surface area contributed by atoms with E-state index < -0.39 is 5.97 Å². The van der Waals surface area contributed by atoms with E-state index in [4.69, 9.17) is 5.11 Å². The van der Waals surface area contributed by atoms with Crippen molar-refractivity contribution in [3.8, 4) is 0 Å². The van der Waals surface area contributed by atoms with Gasteiger partial charge in [0.2, 0.25) is 0 Å². The molecule has 2 aliphatic carbocycles. The molecule has 0 spiro atoms. The van der Waals surface area contributed by atoms with Crippen molar-refractivity contribution in [3.05, 3.63) is 30.7 Å². The molecule has 0 atom stereocenters. The van der Waals surface area contributed by atoms with E-state index in [-0.39, 0.29) is 6.54 Å². The summed E-state index contributed by atoms with van der Waals surface area (Å²) in [7, 11) is 0. The molecule has 0 saturated heterocycles. The molecular weight excluding hydrogens is 304 g/mol. The molecule has 0 amide bonds. The number of carbonyl (C=O) groups is 1. The molecule has 2 N–H and O–H groups in total. The topological polar surface area (TPSA) is 78.4 Å². The molecule has 2 heterocycles. The largest absolute Gasteiger partial charge is 0.480 e. The zero-order valence-corrected chi connectivity index (χ0v) is 13.6. The molecule has 2 saturated carbocycles. The summed E-state index contributed by atoms with van der Waals surface area (Å²) in [5.41, 5.74) is 1.97. The number of aromatic nitrogens is 2. The molecule has 2 aromatic heterocycles. The van der Waals surface area contributed by atoms with Crippen molar-refractivity contribution in [1.82, 2.24) is 14.9 Å². The van der Waals surface area contributed by atoms with Gasteiger partial charge in [-0.2, -0.15) is 0 Å². The van der Waals surface area contributed by atoms with E-state index in [1.165, 1.54) is 12.8 Å². The fourth-order valence-corrected chi connectivity index (χ4v) is 3.50. The van der Waals surface area contributed by atoms with Gasteiger partial charge in [-0.15, -0.1) is 0 Å². The number of hydrogen-bond acceptors (Lipinski definition) is 5. The molecule has 2 aliphatic rings. The van der Waals surface area contributed by atoms with Crippen LogP contribution in [0.4, 0.5) is 5.69 Å². The number of nitrogens with one attached hydrogen (secondary N) is 1. The van der Waals surface area contributed by atoms with Crippen LogP contribution in [0.1, 0.15) is 25.7 Å². The second-order valence-electron chi connectivity index (χ2n) is 6.98. The van der Waals surface area contributed by atoms with Gasteiger partial charge in [-0.25, -0.2) is 0 Å². The van der Waals surface area contributed by atoms with Crippen molar-refractivity contribution in [2.24, 2.45) is 5.92 Å². The quantitative estimate of drug-likeness (QED) is 0.813. The number of hydrogen-bond donors (Lipinski definition) is 2. The second kappa shape index (κ2) is 6.36. The van der Waals surface area contributed by atoms with E-state index in [1.54, 1.807) is 18.6 Å². The van der Waals surface area contributed by atoms with Crippen LogP contribution in [0, 0.1) is 5.92 Å². The molecule has 0 bridgehead atoms. The number of carboxylic acids is 1. The zero-order chi connectivity index (χ0) is 16.5. The number of fused-ring (bicyclic) bond motifs is 1. The summed E-state index contributed by atoms with van der Waals surface area (Å²) in [6, 6.07) is 4.75. The van der Waals surface area contributed by atoms with Crippen LogP contribution in [-0.2, 0) is 4.79 Å². The van der Waals surface area contributed by atoms with Gasteiger partial charge in [-0.3, -0.25) is 19.7 Å². The number of rotatable bonds is 7. The van der Waals surface area contributed by atoms with Gasteiger partial charge < -0.3 is 10.4 Å². The molecule has 2 fully saturated rings. The van der Waals surface area contributed by atoms with E-state index in [0.717, 1.165) is 36.0 Å². The first kappa shape index (κ1) is 15.3. The highest BCUT2D eigenvalue weighted by molar-refractivity contribution is 5.90. The van der Waals surface area contributed by atoms with Crippen LogP contribution in [0.15, 0.2) is 30.7 Å². The first-order valence-electron chi connectivity index (χ1n) is 8.60. The SMILES string of the molecule is O=C(O)CN(CC1CC1)C1CC(Nc2ccnc3cnccc23)C1. The molecule has 6 heteroatoms. The van der Waals surface area contributed by atoms with Crippen molar-refractivity contribution < 1.29 is 9.90 Å². The normalized spacial score (nSPS) is 23.2. The molecule has 6 nitrogen and oxygen atoms in total. The lowest BCUT2D eigenvalue weighted by Crippen LogP contribution is -2.52. The molecule has 0 unspecified atom stereocenters. The first-order chi connectivity index (χ1) is 11.7. The predicted octanol–water partition coefficient (Wildman–Crippen LogP) is 2.37. The maximum atomic E-state index is 11.1. The van der Waals surface area contributed by atoms with E-state index in [9.17, 15) is 4.79 Å². The highest BCUT2D eigenvalue weighted by Crippen LogP contribution is 2.35. The molecule has 0 radical (unpaired) electrons. The maximum absolute atomic E-state index is 11.1. The summed E-state index contributed by atoms with van der Waals surface area (Å²) < 4.78 is 0. The Hall–Kier alpha value is -2.21. The van der Waals surface area contributed by atoms with Crippen molar-refractivity contribution in [3.63, 3.8) is 0 Å². The van der Waals surface area contributed by atoms with Gasteiger partial charge in [0.25, 0.3) is 0 Å². The third-order valence-corrected chi connectivity index (χ3v) is 5.06. The number of anilines is 1. The Morgan fingerprint density at radius 1 is 1.29 bits per heavy atom. The average Bonchev–Trinajstić information content (AvgIpc) is 3.33. The highest BCUT2D eigenvalue weighted by Gasteiger charge is 2.37. The van der Waals surface area contributed by atoms with Crippen molar-refractivity contribution >= 4 is 22.6 Å². The summed E-state index contributed by atoms with van der Waals surface area (Å²) in [6.07, 6.45) is 9.84. The third kappa shape index (κ3) is 3.33. The van der Waals surface area contributed by atoms with Crippen LogP contribution in [0.25, 0.3) is 10.9 Å². The van der Waals surface area contributed by atoms with Gasteiger partial charge in [-0.05, 0) is 43.7 Å². The Bertz CT molecular complexity index is 735. The van der Waals surface area contributed by atoms with Gasteiger partial charge in [-0.1, -0.05) is 0 Å². The Balaban J connectivity index is 1.38. The number of aliphatic carboxylic acids is 1. The molecule has 126 valence electrons. The maximum Gasteiger partial charge on any atom is 0.317 e. The molecule has 0 aromatic carbocycles. The van der Waals surface area contributed by atoms with Crippen LogP contribution in [0.2, 0.25) is 0 Å². The minimum atomic E-state index is -0.723. The van der Waals surface area contributed by atoms with Gasteiger partial charge in [0, 0.05) is 42.1 Å². The molecule has 0 aliphatic heterocycles. The third-order valence-electron chi connectivity index (χ3n) is 5.06. The Morgan fingerprint density at radius 3 is 2.88 bits per heavy atom. The lowest BCUT2D eigenvalue weighted by molar-refractivity contribution is -0.139. The standard InChI is InChI=1S/C18H22N4O2/c23-18(24)11-22(10-12-1-2-12)14-7-13(8-14)21-16-4-6-20-17-9-19-5-3-15(16)17/h3-6,9,12-14H,1-2,7-8,10-11H2,(H,20,21)(H,23,24). The fourth-order valence-electron chi connectivity index (χ4n) is 3.50. The monoisotopic (exact) mass is 326 g/mol. The average molecular weight is 326 g/mol. The van der Waals surface area contributed by atoms with Crippen molar-refractivity contribution in [1.29, 1.82) is 0 Å². The summed E-state index contributed by atoms with van der Waals surface area (Å²) in [6.45, 7) is 1.10. The summed E-state index contributed by atoms with van der Waals surface area (Å²) >= 11 is 0. The predicted molar refractivity (Wildman–Crippen MR) is 91.9 cm³/mol. The van der Waals surface area contributed by atoms with Crippen molar-refractivity contribution in [2.75, 3.05) is 18.4 Å². The lowest BCUT2D eigenvalue weighted by Gasteiger charge is -2.43. The van der Waals surface area contributed by atoms with E-state index in [0.29, 0.717) is 18.0 Å². The van der Waals surface area contributed by atoms with Crippen molar-refractivity contribution in [2.45, 2.75) is 37.8 Å². The lowest BCUT2D eigenvalue weighted by atomic mass is 9.85. The zero-order valence-electron chi connectivity index (χ0n) is 13.6. The molecule has 24 heavy (non-hydrogen) atoms. The minimum Gasteiger partial charge on any atom is -0.480 e. The number of nitrogens with zero attached hydrogens (tertiary/aromatic N) is 3. The number of carboxylic acid groups (broad SMARTS) is 1. The van der Waals surface area contributed by atoms with Crippen LogP contribution in [0.5, 0.6) is 0 Å². The fraction of sp³-hybridized carbons (Fsp3) is 0.500. The van der Waals surface area contributed by atoms with Crippen LogP contribution in [0.3, 0.4) is 0 Å². The van der Waals surface area contributed by atoms with Gasteiger partial charge in [0.05, 0.1) is 18.3 Å². The molecule has 2 aromatic rings. The van der Waals surface area contributed by atoms with E-state index in [2.05, 4.69) is 20.2 Å². The van der Waals surface area contributed by atoms with Crippen LogP contribution >= 0.6 is 0 Å². The van der Waals surface area contributed by atoms with Gasteiger partial charge in [0.1, 0.15) is 0 Å². The summed E-state index contributed by atoms with van der Waals surface area (Å²) in [5.74, 6) is -0.00677. The van der Waals surface area contributed by atoms with Crippen LogP contribution < -0.4 is 5.32 Å². The Labute approximate surface area is 140 Å². The second-order valence-corrected chi connectivity index (χ2v) is 6.98. The minimum absolute atomic E-state index is 0.164. The highest BCUT2D eigenvalue weighted by atomic mass is 16.4.